The smallest absolute Gasteiger partial charge is 0.220 e. The van der Waals surface area contributed by atoms with Gasteiger partial charge in [0.05, 0.1) is 0 Å². The van der Waals surface area contributed by atoms with Crippen molar-refractivity contribution in [1.82, 2.24) is 5.32 Å². The van der Waals surface area contributed by atoms with Gasteiger partial charge < -0.3 is 15.5 Å². The maximum Gasteiger partial charge on any atom is 0.220 e. The number of hydrogen-bond acceptors (Lipinski definition) is 3. The molecule has 3 N–H and O–H groups in total. The number of aromatic hydroxyl groups is 1. The predicted molar refractivity (Wildman–Crippen MR) is 61.1 cm³/mol. The van der Waals surface area contributed by atoms with Crippen LogP contribution >= 0.6 is 0 Å². The van der Waals surface area contributed by atoms with Crippen molar-refractivity contribution in [3.05, 3.63) is 29.8 Å². The van der Waals surface area contributed by atoms with E-state index in [9.17, 15) is 9.90 Å². The lowest BCUT2D eigenvalue weighted by atomic mass is 10.1. The minimum atomic E-state index is -0.0653. The average Bonchev–Trinajstić information content (AvgIpc) is 2.29. The van der Waals surface area contributed by atoms with Gasteiger partial charge in [-0.05, 0) is 24.5 Å². The van der Waals surface area contributed by atoms with Gasteiger partial charge in [-0.3, -0.25) is 4.79 Å². The largest absolute Gasteiger partial charge is 0.508 e. The third kappa shape index (κ3) is 4.31. The first-order valence-corrected chi connectivity index (χ1v) is 5.38. The number of para-hydroxylation sites is 1. The van der Waals surface area contributed by atoms with Gasteiger partial charge in [0, 0.05) is 19.6 Å². The van der Waals surface area contributed by atoms with Gasteiger partial charge in [-0.25, -0.2) is 0 Å². The number of carbonyl (C=O) groups excluding carboxylic acids is 1. The third-order valence-corrected chi connectivity index (χ3v) is 2.27. The average molecular weight is 223 g/mol. The molecule has 4 heteroatoms. The number of rotatable bonds is 6. The van der Waals surface area contributed by atoms with Gasteiger partial charge in [-0.2, -0.15) is 0 Å². The summed E-state index contributed by atoms with van der Waals surface area (Å²) in [6, 6.07) is 7.07. The number of nitrogens with one attached hydrogen (secondary N) is 1. The van der Waals surface area contributed by atoms with E-state index in [0.29, 0.717) is 25.8 Å². The van der Waals surface area contributed by atoms with Gasteiger partial charge in [0.25, 0.3) is 0 Å². The molecule has 0 fully saturated rings. The molecule has 1 rings (SSSR count). The van der Waals surface area contributed by atoms with Crippen LogP contribution in [-0.4, -0.2) is 29.3 Å². The molecule has 88 valence electrons. The van der Waals surface area contributed by atoms with E-state index in [1.165, 1.54) is 0 Å². The van der Waals surface area contributed by atoms with E-state index in [2.05, 4.69) is 5.32 Å². The zero-order chi connectivity index (χ0) is 11.8. The lowest BCUT2D eigenvalue weighted by Crippen LogP contribution is -2.25. The van der Waals surface area contributed by atoms with Crippen molar-refractivity contribution in [3.8, 4) is 5.75 Å². The number of phenolic OH excluding ortho intramolecular Hbond substituents is 1. The van der Waals surface area contributed by atoms with Crippen molar-refractivity contribution >= 4 is 5.91 Å². The summed E-state index contributed by atoms with van der Waals surface area (Å²) in [5.74, 6) is 0.191. The second-order valence-corrected chi connectivity index (χ2v) is 3.56. The lowest BCUT2D eigenvalue weighted by Gasteiger charge is -2.06. The Balaban J connectivity index is 2.25. The van der Waals surface area contributed by atoms with E-state index in [-0.39, 0.29) is 18.3 Å². The van der Waals surface area contributed by atoms with Gasteiger partial charge >= 0.3 is 0 Å². The van der Waals surface area contributed by atoms with Crippen molar-refractivity contribution in [1.29, 1.82) is 0 Å². The predicted octanol–water partition coefficient (Wildman–Crippen LogP) is 0.823. The maximum atomic E-state index is 11.2. The zero-order valence-electron chi connectivity index (χ0n) is 9.15. The number of phenols is 1. The molecule has 0 atom stereocenters. The van der Waals surface area contributed by atoms with E-state index in [1.807, 2.05) is 12.1 Å². The number of carbonyl (C=O) groups is 1. The third-order valence-electron chi connectivity index (χ3n) is 2.27. The SMILES string of the molecule is O=C(CCCO)NCCc1ccccc1O. The Morgan fingerprint density at radius 3 is 2.75 bits per heavy atom. The van der Waals surface area contributed by atoms with Crippen LogP contribution in [0.5, 0.6) is 5.75 Å². The van der Waals surface area contributed by atoms with Crippen LogP contribution in [-0.2, 0) is 11.2 Å². The molecule has 1 aromatic carbocycles. The quantitative estimate of drug-likeness (QED) is 0.669. The molecule has 0 aliphatic rings. The highest BCUT2D eigenvalue weighted by molar-refractivity contribution is 5.75. The number of hydrogen-bond donors (Lipinski definition) is 3. The highest BCUT2D eigenvalue weighted by Gasteiger charge is 2.02. The highest BCUT2D eigenvalue weighted by atomic mass is 16.3. The van der Waals surface area contributed by atoms with Crippen molar-refractivity contribution in [2.45, 2.75) is 19.3 Å². The zero-order valence-corrected chi connectivity index (χ0v) is 9.15. The van der Waals surface area contributed by atoms with Crippen LogP contribution in [0.15, 0.2) is 24.3 Å². The fourth-order valence-electron chi connectivity index (χ4n) is 1.39. The van der Waals surface area contributed by atoms with Crippen molar-refractivity contribution < 1.29 is 15.0 Å². The molecular weight excluding hydrogens is 206 g/mol. The molecule has 4 nitrogen and oxygen atoms in total. The molecule has 16 heavy (non-hydrogen) atoms. The van der Waals surface area contributed by atoms with Crippen LogP contribution < -0.4 is 5.32 Å². The molecular formula is C12H17NO3. The molecule has 0 heterocycles. The van der Waals surface area contributed by atoms with Gasteiger partial charge in [-0.1, -0.05) is 18.2 Å². The molecule has 1 aromatic rings. The van der Waals surface area contributed by atoms with Gasteiger partial charge in [0.1, 0.15) is 5.75 Å². The Bertz CT molecular complexity index is 339. The molecule has 0 bridgehead atoms. The Morgan fingerprint density at radius 2 is 2.06 bits per heavy atom. The van der Waals surface area contributed by atoms with Crippen LogP contribution in [0.1, 0.15) is 18.4 Å². The number of benzene rings is 1. The molecule has 0 aliphatic carbocycles. The summed E-state index contributed by atoms with van der Waals surface area (Å²) in [6.45, 7) is 0.536. The topological polar surface area (TPSA) is 69.6 Å². The van der Waals surface area contributed by atoms with Crippen molar-refractivity contribution in [2.24, 2.45) is 0 Å². The first-order chi connectivity index (χ1) is 7.74. The first kappa shape index (κ1) is 12.5. The van der Waals surface area contributed by atoms with E-state index in [4.69, 9.17) is 5.11 Å². The van der Waals surface area contributed by atoms with Crippen LogP contribution in [0.25, 0.3) is 0 Å². The lowest BCUT2D eigenvalue weighted by molar-refractivity contribution is -0.121. The summed E-state index contributed by atoms with van der Waals surface area (Å²) in [4.78, 5) is 11.2. The Morgan fingerprint density at radius 1 is 1.31 bits per heavy atom. The highest BCUT2D eigenvalue weighted by Crippen LogP contribution is 2.15. The fourth-order valence-corrected chi connectivity index (χ4v) is 1.39. The Hall–Kier alpha value is -1.55. The van der Waals surface area contributed by atoms with E-state index < -0.39 is 0 Å². The number of amides is 1. The van der Waals surface area contributed by atoms with Crippen molar-refractivity contribution in [2.75, 3.05) is 13.2 Å². The van der Waals surface area contributed by atoms with Crippen LogP contribution in [0.4, 0.5) is 0 Å². The second-order valence-electron chi connectivity index (χ2n) is 3.56. The molecule has 0 saturated carbocycles. The van der Waals surface area contributed by atoms with Crippen LogP contribution in [0, 0.1) is 0 Å². The minimum Gasteiger partial charge on any atom is -0.508 e. The summed E-state index contributed by atoms with van der Waals surface area (Å²) < 4.78 is 0. The van der Waals surface area contributed by atoms with Crippen LogP contribution in [0.3, 0.4) is 0 Å². The molecule has 0 radical (unpaired) electrons. The standard InChI is InChI=1S/C12H17NO3/c14-9-3-6-12(16)13-8-7-10-4-1-2-5-11(10)15/h1-2,4-5,14-15H,3,6-9H2,(H,13,16). The maximum absolute atomic E-state index is 11.2. The molecule has 1 amide bonds. The summed E-state index contributed by atoms with van der Waals surface area (Å²) in [5, 5.41) is 20.7. The molecule has 0 spiro atoms. The number of aliphatic hydroxyl groups is 1. The minimum absolute atomic E-state index is 0.0346. The van der Waals surface area contributed by atoms with E-state index in [1.54, 1.807) is 12.1 Å². The summed E-state index contributed by atoms with van der Waals surface area (Å²) in [5.41, 5.74) is 0.824. The summed E-state index contributed by atoms with van der Waals surface area (Å²) in [7, 11) is 0. The monoisotopic (exact) mass is 223 g/mol. The molecule has 0 unspecified atom stereocenters. The van der Waals surface area contributed by atoms with E-state index >= 15 is 0 Å². The van der Waals surface area contributed by atoms with Gasteiger partial charge in [-0.15, -0.1) is 0 Å². The summed E-state index contributed by atoms with van der Waals surface area (Å²) >= 11 is 0. The van der Waals surface area contributed by atoms with Crippen LogP contribution in [0.2, 0.25) is 0 Å². The van der Waals surface area contributed by atoms with Gasteiger partial charge in [0.15, 0.2) is 0 Å². The van der Waals surface area contributed by atoms with E-state index in [0.717, 1.165) is 5.56 Å². The Kier molecular flexibility index (Phi) is 5.36. The fraction of sp³-hybridized carbons (Fsp3) is 0.417. The number of aliphatic hydroxyl groups excluding tert-OH is 1. The molecule has 0 saturated heterocycles. The first-order valence-electron chi connectivity index (χ1n) is 5.38. The Labute approximate surface area is 94.9 Å². The van der Waals surface area contributed by atoms with Crippen molar-refractivity contribution in [3.63, 3.8) is 0 Å². The normalized spacial score (nSPS) is 10.1. The molecule has 0 aromatic heterocycles. The second kappa shape index (κ2) is 6.85. The molecule has 0 aliphatic heterocycles. The van der Waals surface area contributed by atoms with Gasteiger partial charge in [0.2, 0.25) is 5.91 Å². The summed E-state index contributed by atoms with van der Waals surface area (Å²) in [6.07, 6.45) is 1.44.